The molecule has 0 atom stereocenters. The number of ketones is 1. The second kappa shape index (κ2) is 6.08. The Morgan fingerprint density at radius 2 is 1.88 bits per heavy atom. The number of Topliss-reactive ketones (excluding diaryl/α,β-unsaturated/α-hetero) is 1. The largest absolute Gasteiger partial charge is 0.289 e. The zero-order valence-electron chi connectivity index (χ0n) is 8.65. The van der Waals surface area contributed by atoms with E-state index in [1.54, 1.807) is 30.3 Å². The van der Waals surface area contributed by atoms with Gasteiger partial charge in [-0.15, -0.1) is 0 Å². The van der Waals surface area contributed by atoms with Crippen LogP contribution in [0, 0.1) is 0 Å². The molecule has 0 bridgehead atoms. The standard InChI is InChI=1S/C13H11FOS/c1-3-5-10(4-2)13(15)11-6-8-12(16-14)9-7-11/h3-9H,1-2H2/b10-5+. The van der Waals surface area contributed by atoms with E-state index in [1.807, 2.05) is 0 Å². The molecule has 1 aromatic rings. The summed E-state index contributed by atoms with van der Waals surface area (Å²) in [4.78, 5) is 12.4. The third-order valence-corrected chi connectivity index (χ3v) is 2.44. The zero-order valence-corrected chi connectivity index (χ0v) is 9.47. The van der Waals surface area contributed by atoms with Crippen LogP contribution in [0.2, 0.25) is 0 Å². The topological polar surface area (TPSA) is 17.1 Å². The van der Waals surface area contributed by atoms with Gasteiger partial charge in [-0.25, -0.2) is 0 Å². The van der Waals surface area contributed by atoms with Crippen LogP contribution >= 0.6 is 12.1 Å². The number of carbonyl (C=O) groups is 1. The molecular weight excluding hydrogens is 223 g/mol. The molecule has 0 aromatic heterocycles. The lowest BCUT2D eigenvalue weighted by Crippen LogP contribution is -2.00. The second-order valence-corrected chi connectivity index (χ2v) is 3.62. The molecule has 0 N–H and O–H groups in total. The lowest BCUT2D eigenvalue weighted by atomic mass is 10.0. The first-order valence-corrected chi connectivity index (χ1v) is 5.33. The summed E-state index contributed by atoms with van der Waals surface area (Å²) in [6, 6.07) is 6.30. The summed E-state index contributed by atoms with van der Waals surface area (Å²) >= 11 is 0.151. The van der Waals surface area contributed by atoms with E-state index in [4.69, 9.17) is 0 Å². The van der Waals surface area contributed by atoms with Gasteiger partial charge in [-0.2, -0.15) is 3.89 Å². The van der Waals surface area contributed by atoms with Crippen molar-refractivity contribution in [2.75, 3.05) is 0 Å². The predicted octanol–water partition coefficient (Wildman–Crippen LogP) is 4.14. The first-order valence-electron chi connectivity index (χ1n) is 4.61. The first-order chi connectivity index (χ1) is 7.72. The fourth-order valence-electron chi connectivity index (χ4n) is 1.19. The van der Waals surface area contributed by atoms with E-state index in [-0.39, 0.29) is 17.9 Å². The van der Waals surface area contributed by atoms with E-state index in [0.29, 0.717) is 16.0 Å². The molecule has 3 heteroatoms. The van der Waals surface area contributed by atoms with E-state index in [9.17, 15) is 8.68 Å². The third-order valence-electron chi connectivity index (χ3n) is 1.99. The van der Waals surface area contributed by atoms with Crippen molar-refractivity contribution in [2.24, 2.45) is 0 Å². The Morgan fingerprint density at radius 1 is 1.25 bits per heavy atom. The van der Waals surface area contributed by atoms with Gasteiger partial charge < -0.3 is 0 Å². The van der Waals surface area contributed by atoms with Gasteiger partial charge in [-0.1, -0.05) is 31.4 Å². The van der Waals surface area contributed by atoms with Crippen LogP contribution in [0.25, 0.3) is 0 Å². The van der Waals surface area contributed by atoms with Crippen molar-refractivity contribution >= 4 is 17.9 Å². The Morgan fingerprint density at radius 3 is 2.31 bits per heavy atom. The minimum Gasteiger partial charge on any atom is -0.289 e. The van der Waals surface area contributed by atoms with Gasteiger partial charge in [0.1, 0.15) is 0 Å². The summed E-state index contributed by atoms with van der Waals surface area (Å²) in [5.41, 5.74) is 0.974. The van der Waals surface area contributed by atoms with Gasteiger partial charge in [0, 0.05) is 16.0 Å². The highest BCUT2D eigenvalue weighted by atomic mass is 32.2. The van der Waals surface area contributed by atoms with Gasteiger partial charge >= 0.3 is 0 Å². The summed E-state index contributed by atoms with van der Waals surface area (Å²) in [6.45, 7) is 7.08. The predicted molar refractivity (Wildman–Crippen MR) is 66.2 cm³/mol. The minimum atomic E-state index is -0.148. The molecule has 0 fully saturated rings. The summed E-state index contributed by atoms with van der Waals surface area (Å²) < 4.78 is 12.2. The maximum Gasteiger partial charge on any atom is 0.192 e. The van der Waals surface area contributed by atoms with E-state index in [0.717, 1.165) is 0 Å². The average Bonchev–Trinajstić information content (AvgIpc) is 2.35. The zero-order chi connectivity index (χ0) is 12.0. The lowest BCUT2D eigenvalue weighted by molar-refractivity contribution is 0.103. The Bertz CT molecular complexity index is 432. The molecule has 0 heterocycles. The molecule has 0 amide bonds. The Balaban J connectivity index is 2.99. The Hall–Kier alpha value is -1.61. The number of carbonyl (C=O) groups excluding carboxylic acids is 1. The summed E-state index contributed by atoms with van der Waals surface area (Å²) in [5.74, 6) is -0.148. The molecule has 0 aliphatic heterocycles. The number of halogens is 1. The van der Waals surface area contributed by atoms with Crippen LogP contribution in [0.4, 0.5) is 3.89 Å². The minimum absolute atomic E-state index is 0.148. The van der Waals surface area contributed by atoms with Crippen molar-refractivity contribution in [1.29, 1.82) is 0 Å². The first kappa shape index (κ1) is 12.5. The van der Waals surface area contributed by atoms with E-state index >= 15 is 0 Å². The number of hydrogen-bond donors (Lipinski definition) is 0. The van der Waals surface area contributed by atoms with Crippen molar-refractivity contribution in [1.82, 2.24) is 0 Å². The molecule has 1 aromatic carbocycles. The highest BCUT2D eigenvalue weighted by Crippen LogP contribution is 2.20. The number of rotatable bonds is 5. The molecule has 0 aliphatic rings. The Kier molecular flexibility index (Phi) is 4.73. The van der Waals surface area contributed by atoms with Crippen molar-refractivity contribution in [3.63, 3.8) is 0 Å². The van der Waals surface area contributed by atoms with Crippen LogP contribution < -0.4 is 0 Å². The van der Waals surface area contributed by atoms with Crippen LogP contribution in [-0.2, 0) is 0 Å². The number of allylic oxidation sites excluding steroid dienone is 4. The smallest absolute Gasteiger partial charge is 0.192 e. The average molecular weight is 234 g/mol. The van der Waals surface area contributed by atoms with Gasteiger partial charge in [-0.05, 0) is 24.3 Å². The maximum atomic E-state index is 12.2. The molecule has 16 heavy (non-hydrogen) atoms. The van der Waals surface area contributed by atoms with Crippen LogP contribution in [0.3, 0.4) is 0 Å². The Labute approximate surface area is 98.7 Å². The van der Waals surface area contributed by atoms with Crippen molar-refractivity contribution in [2.45, 2.75) is 4.90 Å². The molecule has 82 valence electrons. The van der Waals surface area contributed by atoms with Crippen molar-refractivity contribution in [3.05, 3.63) is 66.8 Å². The van der Waals surface area contributed by atoms with Crippen LogP contribution in [0.1, 0.15) is 10.4 Å². The monoisotopic (exact) mass is 234 g/mol. The van der Waals surface area contributed by atoms with Gasteiger partial charge in [-0.3, -0.25) is 4.79 Å². The van der Waals surface area contributed by atoms with E-state index in [2.05, 4.69) is 13.2 Å². The van der Waals surface area contributed by atoms with E-state index < -0.39 is 0 Å². The van der Waals surface area contributed by atoms with Crippen LogP contribution in [0.5, 0.6) is 0 Å². The maximum absolute atomic E-state index is 12.2. The molecular formula is C13H11FOS. The lowest BCUT2D eigenvalue weighted by Gasteiger charge is -2.01. The summed E-state index contributed by atoms with van der Waals surface area (Å²) in [5, 5.41) is 0. The molecule has 0 saturated heterocycles. The number of benzene rings is 1. The van der Waals surface area contributed by atoms with Gasteiger partial charge in [0.05, 0.1) is 12.1 Å². The van der Waals surface area contributed by atoms with Gasteiger partial charge in [0.15, 0.2) is 5.78 Å². The fraction of sp³-hybridized carbons (Fsp3) is 0. The molecule has 1 nitrogen and oxygen atoms in total. The molecule has 0 spiro atoms. The molecule has 0 saturated carbocycles. The summed E-state index contributed by atoms with van der Waals surface area (Å²) in [7, 11) is 0. The highest BCUT2D eigenvalue weighted by molar-refractivity contribution is 7.94. The highest BCUT2D eigenvalue weighted by Gasteiger charge is 2.08. The third kappa shape index (κ3) is 2.94. The number of hydrogen-bond acceptors (Lipinski definition) is 2. The molecule has 1 rings (SSSR count). The van der Waals surface area contributed by atoms with Crippen molar-refractivity contribution < 1.29 is 8.68 Å². The molecule has 0 aliphatic carbocycles. The SMILES string of the molecule is C=C/C=C(\C=C)C(=O)c1ccc(SF)cc1. The summed E-state index contributed by atoms with van der Waals surface area (Å²) in [6.07, 6.45) is 4.59. The van der Waals surface area contributed by atoms with Crippen LogP contribution in [-0.4, -0.2) is 5.78 Å². The van der Waals surface area contributed by atoms with E-state index in [1.165, 1.54) is 12.2 Å². The quantitative estimate of drug-likeness (QED) is 0.432. The van der Waals surface area contributed by atoms with Gasteiger partial charge in [0.25, 0.3) is 0 Å². The molecule has 0 unspecified atom stereocenters. The fourth-order valence-corrected chi connectivity index (χ4v) is 1.43. The molecule has 0 radical (unpaired) electrons. The normalized spacial score (nSPS) is 10.9. The van der Waals surface area contributed by atoms with Crippen LogP contribution in [0.15, 0.2) is 66.1 Å². The van der Waals surface area contributed by atoms with Crippen molar-refractivity contribution in [3.8, 4) is 0 Å². The van der Waals surface area contributed by atoms with Gasteiger partial charge in [0.2, 0.25) is 0 Å². The second-order valence-electron chi connectivity index (χ2n) is 2.99.